The monoisotopic (exact) mass is 315 g/mol. The number of carbonyl (C=O) groups excluding carboxylic acids is 1. The van der Waals surface area contributed by atoms with E-state index in [9.17, 15) is 9.59 Å². The van der Waals surface area contributed by atoms with Gasteiger partial charge < -0.3 is 9.64 Å². The van der Waals surface area contributed by atoms with Gasteiger partial charge in [0.15, 0.2) is 0 Å². The van der Waals surface area contributed by atoms with Crippen molar-refractivity contribution in [3.63, 3.8) is 0 Å². The van der Waals surface area contributed by atoms with E-state index in [4.69, 9.17) is 4.74 Å². The summed E-state index contributed by atoms with van der Waals surface area (Å²) in [5.41, 5.74) is 0.0105. The number of likely N-dealkylation sites (tertiary alicyclic amines) is 1. The van der Waals surface area contributed by atoms with E-state index in [1.54, 1.807) is 23.5 Å². The third kappa shape index (κ3) is 3.53. The lowest BCUT2D eigenvalue weighted by atomic mass is 10.1. The first kappa shape index (κ1) is 15.1. The minimum atomic E-state index is -0.246. The molecule has 0 radical (unpaired) electrons. The molecule has 3 rings (SSSR count). The molecule has 0 saturated carbocycles. The summed E-state index contributed by atoms with van der Waals surface area (Å²) >= 11 is 0. The molecule has 8 heteroatoms. The molecular weight excluding hydrogens is 298 g/mol. The maximum atomic E-state index is 12.5. The van der Waals surface area contributed by atoms with Crippen LogP contribution in [0.4, 0.5) is 0 Å². The van der Waals surface area contributed by atoms with Crippen LogP contribution in [0, 0.1) is 0 Å². The minimum absolute atomic E-state index is 0.128. The highest BCUT2D eigenvalue weighted by Crippen LogP contribution is 2.17. The fourth-order valence-corrected chi connectivity index (χ4v) is 2.51. The molecule has 2 aromatic heterocycles. The first-order valence-electron chi connectivity index (χ1n) is 7.40. The zero-order valence-electron chi connectivity index (χ0n) is 12.8. The highest BCUT2D eigenvalue weighted by atomic mass is 16.5. The standard InChI is InChI=1S/C15H17N5O3/c1-19-14(21)5-4-12(18-19)15(22)20-8-2-3-11(10-20)23-13-9-16-6-7-17-13/h4-7,9,11H,2-3,8,10H2,1H3. The zero-order valence-corrected chi connectivity index (χ0v) is 12.8. The van der Waals surface area contributed by atoms with Gasteiger partial charge in [0, 0.05) is 32.1 Å². The van der Waals surface area contributed by atoms with Crippen molar-refractivity contribution in [2.75, 3.05) is 13.1 Å². The average molecular weight is 315 g/mol. The first-order chi connectivity index (χ1) is 11.1. The van der Waals surface area contributed by atoms with Crippen molar-refractivity contribution in [2.45, 2.75) is 18.9 Å². The summed E-state index contributed by atoms with van der Waals surface area (Å²) in [4.78, 5) is 33.6. The molecule has 0 aliphatic carbocycles. The number of ether oxygens (including phenoxy) is 1. The van der Waals surface area contributed by atoms with Crippen molar-refractivity contribution in [3.05, 3.63) is 46.8 Å². The maximum absolute atomic E-state index is 12.5. The first-order valence-corrected chi connectivity index (χ1v) is 7.40. The van der Waals surface area contributed by atoms with Crippen LogP contribution in [0.2, 0.25) is 0 Å². The number of hydrogen-bond donors (Lipinski definition) is 0. The van der Waals surface area contributed by atoms with Crippen LogP contribution in [0.15, 0.2) is 35.5 Å². The van der Waals surface area contributed by atoms with E-state index < -0.39 is 0 Å². The van der Waals surface area contributed by atoms with E-state index >= 15 is 0 Å². The van der Waals surface area contributed by atoms with Crippen LogP contribution in [0.5, 0.6) is 5.88 Å². The molecule has 1 aliphatic heterocycles. The van der Waals surface area contributed by atoms with Crippen LogP contribution >= 0.6 is 0 Å². The molecule has 8 nitrogen and oxygen atoms in total. The average Bonchev–Trinajstić information content (AvgIpc) is 2.58. The van der Waals surface area contributed by atoms with Gasteiger partial charge in [0.05, 0.1) is 12.7 Å². The van der Waals surface area contributed by atoms with Crippen LogP contribution in [0.3, 0.4) is 0 Å². The fraction of sp³-hybridized carbons (Fsp3) is 0.400. The number of carbonyl (C=O) groups is 1. The van der Waals surface area contributed by atoms with E-state index in [2.05, 4.69) is 15.1 Å². The molecule has 1 unspecified atom stereocenters. The van der Waals surface area contributed by atoms with Gasteiger partial charge in [0.25, 0.3) is 11.5 Å². The van der Waals surface area contributed by atoms with Crippen LogP contribution in [-0.2, 0) is 7.05 Å². The molecule has 3 heterocycles. The number of rotatable bonds is 3. The van der Waals surface area contributed by atoms with Crippen LogP contribution in [0.1, 0.15) is 23.3 Å². The molecule has 0 aromatic carbocycles. The number of nitrogens with zero attached hydrogens (tertiary/aromatic N) is 5. The number of amides is 1. The smallest absolute Gasteiger partial charge is 0.274 e. The lowest BCUT2D eigenvalue weighted by Gasteiger charge is -2.32. The summed E-state index contributed by atoms with van der Waals surface area (Å²) in [6.45, 7) is 1.10. The quantitative estimate of drug-likeness (QED) is 0.806. The van der Waals surface area contributed by atoms with Crippen molar-refractivity contribution in [1.82, 2.24) is 24.6 Å². The Morgan fingerprint density at radius 2 is 2.22 bits per heavy atom. The van der Waals surface area contributed by atoms with Gasteiger partial charge in [0.2, 0.25) is 5.88 Å². The molecule has 1 amide bonds. The lowest BCUT2D eigenvalue weighted by Crippen LogP contribution is -2.45. The number of piperidine rings is 1. The minimum Gasteiger partial charge on any atom is -0.471 e. The highest BCUT2D eigenvalue weighted by Gasteiger charge is 2.27. The van der Waals surface area contributed by atoms with Gasteiger partial charge in [-0.15, -0.1) is 0 Å². The molecule has 2 aromatic rings. The van der Waals surface area contributed by atoms with Crippen molar-refractivity contribution >= 4 is 5.91 Å². The Hall–Kier alpha value is -2.77. The van der Waals surface area contributed by atoms with Gasteiger partial charge in [0.1, 0.15) is 11.8 Å². The molecule has 23 heavy (non-hydrogen) atoms. The van der Waals surface area contributed by atoms with Gasteiger partial charge in [-0.05, 0) is 18.9 Å². The summed E-state index contributed by atoms with van der Waals surface area (Å²) in [5.74, 6) is 0.250. The topological polar surface area (TPSA) is 90.2 Å². The highest BCUT2D eigenvalue weighted by molar-refractivity contribution is 5.92. The number of aromatic nitrogens is 4. The molecule has 1 aliphatic rings. The second kappa shape index (κ2) is 6.55. The second-order valence-corrected chi connectivity index (χ2v) is 5.36. The van der Waals surface area contributed by atoms with Crippen LogP contribution < -0.4 is 10.3 Å². The molecule has 0 bridgehead atoms. The molecule has 120 valence electrons. The molecule has 1 saturated heterocycles. The molecule has 1 fully saturated rings. The predicted octanol–water partition coefficient (Wildman–Crippen LogP) is 0.254. The third-order valence-electron chi connectivity index (χ3n) is 3.67. The van der Waals surface area contributed by atoms with Crippen molar-refractivity contribution in [2.24, 2.45) is 7.05 Å². The second-order valence-electron chi connectivity index (χ2n) is 5.36. The summed E-state index contributed by atoms with van der Waals surface area (Å²) in [7, 11) is 1.52. The Morgan fingerprint density at radius 3 is 2.96 bits per heavy atom. The number of hydrogen-bond acceptors (Lipinski definition) is 6. The molecule has 0 spiro atoms. The van der Waals surface area contributed by atoms with Gasteiger partial charge in [-0.25, -0.2) is 9.67 Å². The summed E-state index contributed by atoms with van der Waals surface area (Å²) in [5, 5.41) is 4.01. The van der Waals surface area contributed by atoms with Crippen molar-refractivity contribution in [1.29, 1.82) is 0 Å². The summed E-state index contributed by atoms with van der Waals surface area (Å²) < 4.78 is 6.93. The van der Waals surface area contributed by atoms with Crippen molar-refractivity contribution < 1.29 is 9.53 Å². The van der Waals surface area contributed by atoms with Gasteiger partial charge in [-0.1, -0.05) is 0 Å². The largest absolute Gasteiger partial charge is 0.471 e. The Balaban J connectivity index is 1.69. The van der Waals surface area contributed by atoms with E-state index in [0.717, 1.165) is 17.5 Å². The molecule has 1 atom stereocenters. The predicted molar refractivity (Wildman–Crippen MR) is 81.1 cm³/mol. The number of aryl methyl sites for hydroxylation is 1. The van der Waals surface area contributed by atoms with E-state index in [0.29, 0.717) is 19.0 Å². The van der Waals surface area contributed by atoms with Gasteiger partial charge >= 0.3 is 0 Å². The van der Waals surface area contributed by atoms with Crippen LogP contribution in [0.25, 0.3) is 0 Å². The molecular formula is C15H17N5O3. The van der Waals surface area contributed by atoms with Crippen molar-refractivity contribution in [3.8, 4) is 5.88 Å². The Morgan fingerprint density at radius 1 is 1.35 bits per heavy atom. The normalized spacial score (nSPS) is 17.8. The third-order valence-corrected chi connectivity index (χ3v) is 3.67. The lowest BCUT2D eigenvalue weighted by molar-refractivity contribution is 0.0519. The fourth-order valence-electron chi connectivity index (χ4n) is 2.51. The van der Waals surface area contributed by atoms with E-state index in [1.165, 1.54) is 19.2 Å². The summed E-state index contributed by atoms with van der Waals surface area (Å²) in [6.07, 6.45) is 6.25. The van der Waals surface area contributed by atoms with E-state index in [-0.39, 0.29) is 23.3 Å². The Kier molecular flexibility index (Phi) is 4.31. The Bertz CT molecular complexity index is 746. The summed E-state index contributed by atoms with van der Waals surface area (Å²) in [6, 6.07) is 2.80. The van der Waals surface area contributed by atoms with E-state index in [1.807, 2.05) is 0 Å². The Labute approximate surface area is 132 Å². The van der Waals surface area contributed by atoms with Gasteiger partial charge in [-0.3, -0.25) is 14.6 Å². The zero-order chi connectivity index (χ0) is 16.2. The maximum Gasteiger partial charge on any atom is 0.274 e. The SMILES string of the molecule is Cn1nc(C(=O)N2CCCC(Oc3cnccn3)C2)ccc1=O. The molecule has 0 N–H and O–H groups in total. The van der Waals surface area contributed by atoms with Crippen LogP contribution in [-0.4, -0.2) is 49.7 Å². The van der Waals surface area contributed by atoms with Gasteiger partial charge in [-0.2, -0.15) is 5.10 Å².